The minimum Gasteiger partial charge on any atom is -0.376 e. The van der Waals surface area contributed by atoms with Crippen molar-refractivity contribution >= 4 is 5.91 Å². The lowest BCUT2D eigenvalue weighted by Gasteiger charge is -2.16. The first-order chi connectivity index (χ1) is 6.25. The van der Waals surface area contributed by atoms with Crippen LogP contribution in [-0.4, -0.2) is 18.0 Å². The zero-order valence-electron chi connectivity index (χ0n) is 7.71. The Hall–Kier alpha value is -1.25. The van der Waals surface area contributed by atoms with E-state index in [-0.39, 0.29) is 11.9 Å². The predicted molar refractivity (Wildman–Crippen MR) is 51.0 cm³/mol. The van der Waals surface area contributed by atoms with Crippen molar-refractivity contribution in [3.8, 4) is 0 Å². The fourth-order valence-electron chi connectivity index (χ4n) is 1.25. The van der Waals surface area contributed by atoms with Crippen molar-refractivity contribution < 1.29 is 4.79 Å². The lowest BCUT2D eigenvalue weighted by molar-refractivity contribution is -0.122. The second kappa shape index (κ2) is 3.24. The number of hydrogen-bond donors (Lipinski definition) is 2. The topological polar surface area (TPSA) is 41.1 Å². The average Bonchev–Trinajstić information content (AvgIpc) is 2.89. The molecule has 13 heavy (non-hydrogen) atoms. The van der Waals surface area contributed by atoms with E-state index in [2.05, 4.69) is 10.6 Å². The molecule has 1 heterocycles. The van der Waals surface area contributed by atoms with Gasteiger partial charge in [-0.1, -0.05) is 12.2 Å². The van der Waals surface area contributed by atoms with Crippen molar-refractivity contribution in [2.24, 2.45) is 0 Å². The molecule has 1 aliphatic carbocycles. The number of rotatable bonds is 2. The minimum atomic E-state index is -0.177. The van der Waals surface area contributed by atoms with E-state index in [4.69, 9.17) is 0 Å². The maximum atomic E-state index is 11.5. The number of amides is 1. The van der Waals surface area contributed by atoms with E-state index in [0.29, 0.717) is 6.04 Å². The molecule has 1 amide bonds. The lowest BCUT2D eigenvalue weighted by Crippen LogP contribution is -2.42. The number of hydrogen-bond acceptors (Lipinski definition) is 2. The van der Waals surface area contributed by atoms with Crippen molar-refractivity contribution in [2.75, 3.05) is 0 Å². The predicted octanol–water partition coefficient (Wildman–Crippen LogP) is 0.697. The molecule has 1 aliphatic heterocycles. The number of dihydropyridines is 1. The molecule has 0 aromatic carbocycles. The SMILES string of the molecule is CC1=CNC(C(=O)NC2CC2)C=C1. The van der Waals surface area contributed by atoms with E-state index in [9.17, 15) is 4.79 Å². The largest absolute Gasteiger partial charge is 0.376 e. The molecule has 1 saturated carbocycles. The smallest absolute Gasteiger partial charge is 0.246 e. The van der Waals surface area contributed by atoms with Crippen LogP contribution in [0.5, 0.6) is 0 Å². The summed E-state index contributed by atoms with van der Waals surface area (Å²) in [7, 11) is 0. The Balaban J connectivity index is 1.87. The summed E-state index contributed by atoms with van der Waals surface area (Å²) < 4.78 is 0. The highest BCUT2D eigenvalue weighted by molar-refractivity contribution is 5.84. The highest BCUT2D eigenvalue weighted by Gasteiger charge is 2.26. The quantitative estimate of drug-likeness (QED) is 0.653. The van der Waals surface area contributed by atoms with E-state index >= 15 is 0 Å². The fourth-order valence-corrected chi connectivity index (χ4v) is 1.25. The summed E-state index contributed by atoms with van der Waals surface area (Å²) >= 11 is 0. The molecule has 0 radical (unpaired) electrons. The van der Waals surface area contributed by atoms with Crippen LogP contribution in [-0.2, 0) is 4.79 Å². The molecule has 3 nitrogen and oxygen atoms in total. The van der Waals surface area contributed by atoms with Crippen LogP contribution in [0.15, 0.2) is 23.9 Å². The van der Waals surface area contributed by atoms with Crippen molar-refractivity contribution in [1.29, 1.82) is 0 Å². The zero-order chi connectivity index (χ0) is 9.26. The Labute approximate surface area is 77.9 Å². The van der Waals surface area contributed by atoms with Crippen molar-refractivity contribution in [1.82, 2.24) is 10.6 Å². The third-order valence-electron chi connectivity index (χ3n) is 2.25. The van der Waals surface area contributed by atoms with Gasteiger partial charge in [0.2, 0.25) is 5.91 Å². The molecule has 0 bridgehead atoms. The van der Waals surface area contributed by atoms with Gasteiger partial charge in [0.1, 0.15) is 6.04 Å². The van der Waals surface area contributed by atoms with Crippen LogP contribution < -0.4 is 10.6 Å². The zero-order valence-corrected chi connectivity index (χ0v) is 7.71. The number of allylic oxidation sites excluding steroid dienone is 2. The van der Waals surface area contributed by atoms with Gasteiger partial charge in [-0.3, -0.25) is 4.79 Å². The Morgan fingerprint density at radius 1 is 1.62 bits per heavy atom. The molecule has 0 aromatic heterocycles. The second-order valence-corrected chi connectivity index (χ2v) is 3.67. The molecule has 2 N–H and O–H groups in total. The molecule has 2 rings (SSSR count). The van der Waals surface area contributed by atoms with Crippen LogP contribution in [0, 0.1) is 0 Å². The Kier molecular flexibility index (Phi) is 2.08. The van der Waals surface area contributed by atoms with Gasteiger partial charge in [-0.25, -0.2) is 0 Å². The van der Waals surface area contributed by atoms with Crippen LogP contribution in [0.1, 0.15) is 19.8 Å². The molecule has 70 valence electrons. The number of nitrogens with one attached hydrogen (secondary N) is 2. The fraction of sp³-hybridized carbons (Fsp3) is 0.500. The van der Waals surface area contributed by atoms with E-state index in [1.807, 2.05) is 25.3 Å². The number of carbonyl (C=O) groups is 1. The van der Waals surface area contributed by atoms with Crippen molar-refractivity contribution in [3.63, 3.8) is 0 Å². The average molecular weight is 178 g/mol. The Morgan fingerprint density at radius 2 is 2.38 bits per heavy atom. The molecular formula is C10H14N2O. The van der Waals surface area contributed by atoms with Gasteiger partial charge < -0.3 is 10.6 Å². The summed E-state index contributed by atoms with van der Waals surface area (Å²) in [4.78, 5) is 11.5. The highest BCUT2D eigenvalue weighted by Crippen LogP contribution is 2.18. The molecule has 2 aliphatic rings. The maximum absolute atomic E-state index is 11.5. The lowest BCUT2D eigenvalue weighted by atomic mass is 10.1. The van der Waals surface area contributed by atoms with Crippen molar-refractivity contribution in [2.45, 2.75) is 31.8 Å². The molecule has 1 atom stereocenters. The molecule has 0 aromatic rings. The van der Waals surface area contributed by atoms with Crippen LogP contribution in [0.3, 0.4) is 0 Å². The van der Waals surface area contributed by atoms with Gasteiger partial charge in [-0.2, -0.15) is 0 Å². The van der Waals surface area contributed by atoms with E-state index in [0.717, 1.165) is 18.4 Å². The molecular weight excluding hydrogens is 164 g/mol. The Bertz CT molecular complexity index is 277. The third-order valence-corrected chi connectivity index (χ3v) is 2.25. The maximum Gasteiger partial charge on any atom is 0.246 e. The van der Waals surface area contributed by atoms with Gasteiger partial charge >= 0.3 is 0 Å². The van der Waals surface area contributed by atoms with Gasteiger partial charge in [-0.05, 0) is 25.3 Å². The summed E-state index contributed by atoms with van der Waals surface area (Å²) in [5, 5.41) is 6.00. The van der Waals surface area contributed by atoms with Crippen LogP contribution >= 0.6 is 0 Å². The normalized spacial score (nSPS) is 26.2. The summed E-state index contributed by atoms with van der Waals surface area (Å²) in [6, 6.07) is 0.263. The molecule has 0 spiro atoms. The highest BCUT2D eigenvalue weighted by atomic mass is 16.2. The van der Waals surface area contributed by atoms with Crippen LogP contribution in [0.4, 0.5) is 0 Å². The Morgan fingerprint density at radius 3 is 2.92 bits per heavy atom. The number of carbonyl (C=O) groups excluding carboxylic acids is 1. The summed E-state index contributed by atoms with van der Waals surface area (Å²) in [6.07, 6.45) is 8.01. The second-order valence-electron chi connectivity index (χ2n) is 3.67. The van der Waals surface area contributed by atoms with Crippen LogP contribution in [0.2, 0.25) is 0 Å². The molecule has 1 unspecified atom stereocenters. The minimum absolute atomic E-state index is 0.0856. The first-order valence-electron chi connectivity index (χ1n) is 4.67. The van der Waals surface area contributed by atoms with Gasteiger partial charge in [-0.15, -0.1) is 0 Å². The first kappa shape index (κ1) is 8.35. The van der Waals surface area contributed by atoms with Crippen molar-refractivity contribution in [3.05, 3.63) is 23.9 Å². The van der Waals surface area contributed by atoms with Crippen LogP contribution in [0.25, 0.3) is 0 Å². The van der Waals surface area contributed by atoms with Gasteiger partial charge in [0, 0.05) is 12.2 Å². The van der Waals surface area contributed by atoms with Gasteiger partial charge in [0.15, 0.2) is 0 Å². The van der Waals surface area contributed by atoms with E-state index in [1.165, 1.54) is 0 Å². The molecule has 1 fully saturated rings. The third kappa shape index (κ3) is 2.11. The van der Waals surface area contributed by atoms with Gasteiger partial charge in [0.25, 0.3) is 0 Å². The summed E-state index contributed by atoms with van der Waals surface area (Å²) in [5.41, 5.74) is 1.15. The molecule has 0 saturated heterocycles. The van der Waals surface area contributed by atoms with Gasteiger partial charge in [0.05, 0.1) is 0 Å². The standard InChI is InChI=1S/C10H14N2O/c1-7-2-5-9(11-6-7)10(13)12-8-3-4-8/h2,5-6,8-9,11H,3-4H2,1H3,(H,12,13). The monoisotopic (exact) mass is 178 g/mol. The molecule has 3 heteroatoms. The van der Waals surface area contributed by atoms with E-state index < -0.39 is 0 Å². The first-order valence-corrected chi connectivity index (χ1v) is 4.67. The van der Waals surface area contributed by atoms with E-state index in [1.54, 1.807) is 0 Å². The summed E-state index contributed by atoms with van der Waals surface area (Å²) in [5.74, 6) is 0.0856. The summed E-state index contributed by atoms with van der Waals surface area (Å²) in [6.45, 7) is 2.00.